The van der Waals surface area contributed by atoms with Gasteiger partial charge in [0.1, 0.15) is 0 Å². The Morgan fingerprint density at radius 2 is 2.44 bits per heavy atom. The Labute approximate surface area is 55.4 Å². The summed E-state index contributed by atoms with van der Waals surface area (Å²) in [7, 11) is 0. The third-order valence-corrected chi connectivity index (χ3v) is 0.778. The molecule has 0 fully saturated rings. The summed E-state index contributed by atoms with van der Waals surface area (Å²) in [6.07, 6.45) is -0.00549. The monoisotopic (exact) mass is 133 g/mol. The van der Waals surface area contributed by atoms with Crippen LogP contribution in [0.4, 0.5) is 4.79 Å². The summed E-state index contributed by atoms with van der Waals surface area (Å²) >= 11 is 0. The lowest BCUT2D eigenvalue weighted by Crippen LogP contribution is -2.22. The van der Waals surface area contributed by atoms with Gasteiger partial charge >= 0.3 is 6.09 Å². The van der Waals surface area contributed by atoms with Crippen molar-refractivity contribution in [3.8, 4) is 0 Å². The molecule has 0 aliphatic rings. The Kier molecular flexibility index (Phi) is 3.79. The third kappa shape index (κ3) is 7.23. The van der Waals surface area contributed by atoms with Crippen molar-refractivity contribution in [1.29, 1.82) is 0 Å². The van der Waals surface area contributed by atoms with Crippen LogP contribution in [0.2, 0.25) is 0 Å². The van der Waals surface area contributed by atoms with Crippen molar-refractivity contribution in [2.45, 2.75) is 12.8 Å². The van der Waals surface area contributed by atoms with E-state index in [1.165, 1.54) is 0 Å². The fourth-order valence-electron chi connectivity index (χ4n) is 0.379. The summed E-state index contributed by atoms with van der Waals surface area (Å²) in [5.74, 6) is 0. The van der Waals surface area contributed by atoms with Crippen LogP contribution in [0.15, 0.2) is 0 Å². The zero-order valence-corrected chi connectivity index (χ0v) is 5.13. The first-order valence-corrected chi connectivity index (χ1v) is 2.78. The lowest BCUT2D eigenvalue weighted by atomic mass is 10.3. The quantitative estimate of drug-likeness (QED) is 0.505. The van der Waals surface area contributed by atoms with Crippen molar-refractivity contribution in [3.63, 3.8) is 0 Å². The molecule has 1 atom stereocenters. The van der Waals surface area contributed by atoms with Crippen LogP contribution in [0.25, 0.3) is 0 Å². The molecular formula is C5H12N2O2. The fourth-order valence-corrected chi connectivity index (χ4v) is 0.379. The Hall–Kier alpha value is -0.770. The molecular weight excluding hydrogens is 120 g/mol. The minimum atomic E-state index is -1.16. The van der Waals surface area contributed by atoms with Gasteiger partial charge in [0.15, 0.2) is 0 Å². The van der Waals surface area contributed by atoms with Gasteiger partial charge in [-0.15, -0.1) is 0 Å². The van der Waals surface area contributed by atoms with Gasteiger partial charge in [0.25, 0.3) is 0 Å². The van der Waals surface area contributed by atoms with Crippen LogP contribution in [0.1, 0.15) is 14.2 Å². The number of nitrogens with two attached hydrogens (primary N) is 1. The van der Waals surface area contributed by atoms with Crippen LogP contribution in [0.5, 0.6) is 0 Å². The van der Waals surface area contributed by atoms with E-state index in [-0.39, 0.29) is 0 Å². The predicted molar refractivity (Wildman–Crippen MR) is 34.3 cm³/mol. The maximum Gasteiger partial charge on any atom is 0.404 e. The molecule has 0 aromatic carbocycles. The molecule has 0 aliphatic heterocycles. The average Bonchev–Trinajstić information content (AvgIpc) is 1.82. The largest absolute Gasteiger partial charge is 0.465 e. The van der Waals surface area contributed by atoms with E-state index in [1.54, 1.807) is 0 Å². The summed E-state index contributed by atoms with van der Waals surface area (Å²) in [5.41, 5.74) is 5.15. The van der Waals surface area contributed by atoms with Crippen molar-refractivity contribution in [2.75, 3.05) is 13.1 Å². The number of carbonyl (C=O) groups is 1. The first-order valence-electron chi connectivity index (χ1n) is 3.36. The van der Waals surface area contributed by atoms with Crippen molar-refractivity contribution >= 4 is 6.09 Å². The molecule has 0 radical (unpaired) electrons. The maximum atomic E-state index is 9.91. The van der Waals surface area contributed by atoms with Gasteiger partial charge in [-0.05, 0) is 19.4 Å². The van der Waals surface area contributed by atoms with Gasteiger partial charge in [-0.3, -0.25) is 0 Å². The molecule has 54 valence electrons. The van der Waals surface area contributed by atoms with E-state index < -0.39 is 12.6 Å². The second kappa shape index (κ2) is 5.37. The zero-order valence-electron chi connectivity index (χ0n) is 6.13. The van der Waals surface area contributed by atoms with E-state index in [0.29, 0.717) is 19.4 Å². The van der Waals surface area contributed by atoms with Crippen molar-refractivity contribution in [3.05, 3.63) is 0 Å². The minimum Gasteiger partial charge on any atom is -0.465 e. The van der Waals surface area contributed by atoms with E-state index in [2.05, 4.69) is 0 Å². The highest BCUT2D eigenvalue weighted by atomic mass is 16.4. The molecule has 0 bridgehead atoms. The molecule has 0 saturated carbocycles. The Balaban J connectivity index is 3.25. The molecule has 4 nitrogen and oxygen atoms in total. The molecule has 4 heteroatoms. The van der Waals surface area contributed by atoms with Crippen LogP contribution < -0.4 is 11.1 Å². The summed E-state index contributed by atoms with van der Waals surface area (Å²) in [4.78, 5) is 9.91. The van der Waals surface area contributed by atoms with Gasteiger partial charge in [0.2, 0.25) is 0 Å². The van der Waals surface area contributed by atoms with Crippen LogP contribution in [0, 0.1) is 0 Å². The average molecular weight is 133 g/mol. The zero-order chi connectivity index (χ0) is 7.98. The highest BCUT2D eigenvalue weighted by molar-refractivity contribution is 5.64. The van der Waals surface area contributed by atoms with Gasteiger partial charge in [-0.1, -0.05) is 0 Å². The van der Waals surface area contributed by atoms with Crippen LogP contribution >= 0.6 is 0 Å². The van der Waals surface area contributed by atoms with Crippen LogP contribution in [-0.2, 0) is 0 Å². The van der Waals surface area contributed by atoms with E-state index in [4.69, 9.17) is 12.2 Å². The Bertz CT molecular complexity index is 110. The van der Waals surface area contributed by atoms with E-state index in [1.807, 2.05) is 5.32 Å². The summed E-state index contributed by atoms with van der Waals surface area (Å²) < 4.78 is 7.06. The molecule has 0 rings (SSSR count). The molecule has 0 saturated heterocycles. The van der Waals surface area contributed by atoms with Crippen molar-refractivity contribution in [2.24, 2.45) is 5.73 Å². The lowest BCUT2D eigenvalue weighted by Gasteiger charge is -1.96. The van der Waals surface area contributed by atoms with Crippen LogP contribution in [-0.4, -0.2) is 24.3 Å². The normalized spacial score (nSPS) is 14.1. The molecule has 4 N–H and O–H groups in total. The SMILES string of the molecule is [2H]C(CCCN)NC(=O)O. The number of hydrogen-bond acceptors (Lipinski definition) is 2. The van der Waals surface area contributed by atoms with Gasteiger partial charge in [0.05, 0.1) is 0 Å². The molecule has 0 aliphatic carbocycles. The van der Waals surface area contributed by atoms with Gasteiger partial charge < -0.3 is 16.2 Å². The van der Waals surface area contributed by atoms with E-state index in [0.717, 1.165) is 0 Å². The molecule has 0 aromatic heterocycles. The molecule has 1 amide bonds. The highest BCUT2D eigenvalue weighted by Gasteiger charge is 1.90. The minimum absolute atomic E-state index is 0.475. The second-order valence-electron chi connectivity index (χ2n) is 1.58. The number of rotatable bonds is 4. The topological polar surface area (TPSA) is 75.3 Å². The van der Waals surface area contributed by atoms with E-state index >= 15 is 0 Å². The lowest BCUT2D eigenvalue weighted by molar-refractivity contribution is 0.194. The first-order chi connectivity index (χ1) is 4.66. The third-order valence-electron chi connectivity index (χ3n) is 0.778. The number of nitrogens with one attached hydrogen (secondary N) is 1. The molecule has 0 heterocycles. The number of hydrogen-bond donors (Lipinski definition) is 3. The fraction of sp³-hybridized carbons (Fsp3) is 0.800. The standard InChI is InChI=1S/C5H12N2O2/c6-3-1-2-4-7-5(8)9/h7H,1-4,6H2,(H,8,9)/i4D. The maximum absolute atomic E-state index is 9.91. The van der Waals surface area contributed by atoms with E-state index in [9.17, 15) is 4.79 Å². The smallest absolute Gasteiger partial charge is 0.404 e. The highest BCUT2D eigenvalue weighted by Crippen LogP contribution is 1.81. The number of amides is 1. The second-order valence-corrected chi connectivity index (χ2v) is 1.58. The van der Waals surface area contributed by atoms with Gasteiger partial charge in [-0.25, -0.2) is 4.79 Å². The summed E-state index contributed by atoms with van der Waals surface area (Å²) in [6.45, 7) is -0.238. The molecule has 9 heavy (non-hydrogen) atoms. The molecule has 1 unspecified atom stereocenters. The summed E-state index contributed by atoms with van der Waals surface area (Å²) in [5, 5.41) is 10.1. The first kappa shape index (κ1) is 6.35. The van der Waals surface area contributed by atoms with Crippen molar-refractivity contribution in [1.82, 2.24) is 5.32 Å². The van der Waals surface area contributed by atoms with Crippen LogP contribution in [0.3, 0.4) is 0 Å². The van der Waals surface area contributed by atoms with Gasteiger partial charge in [0, 0.05) is 7.89 Å². The number of carboxylic acid groups (broad SMARTS) is 1. The summed E-state index contributed by atoms with van der Waals surface area (Å²) in [6, 6.07) is 0. The molecule has 0 spiro atoms. The molecule has 0 aromatic rings. The Morgan fingerprint density at radius 3 is 2.89 bits per heavy atom. The van der Waals surface area contributed by atoms with Crippen molar-refractivity contribution < 1.29 is 11.3 Å². The van der Waals surface area contributed by atoms with Gasteiger partial charge in [-0.2, -0.15) is 0 Å². The predicted octanol–water partition coefficient (Wildman–Crippen LogP) is -0.00710. The Morgan fingerprint density at radius 1 is 1.78 bits per heavy atom.